The van der Waals surface area contributed by atoms with Crippen molar-refractivity contribution in [2.45, 2.75) is 19.6 Å². The quantitative estimate of drug-likeness (QED) is 0.612. The van der Waals surface area contributed by atoms with Crippen LogP contribution in [0.15, 0.2) is 54.6 Å². The number of hydrogen-bond donors (Lipinski definition) is 0. The van der Waals surface area contributed by atoms with Crippen molar-refractivity contribution < 1.29 is 13.9 Å². The number of hydrogen-bond acceptors (Lipinski definition) is 5. The molecule has 0 spiro atoms. The molecule has 156 valence electrons. The van der Waals surface area contributed by atoms with E-state index in [4.69, 9.17) is 4.74 Å². The molecule has 1 fully saturated rings. The lowest BCUT2D eigenvalue weighted by molar-refractivity contribution is 0.0502. The fourth-order valence-electron chi connectivity index (χ4n) is 3.64. The third-order valence-electron chi connectivity index (χ3n) is 5.24. The Labute approximate surface area is 179 Å². The number of carbonyl (C=O) groups is 1. The molecule has 0 aliphatic carbocycles. The maximum atomic E-state index is 13.4. The van der Waals surface area contributed by atoms with Crippen molar-refractivity contribution in [3.05, 3.63) is 81.6 Å². The molecule has 1 saturated heterocycles. The summed E-state index contributed by atoms with van der Waals surface area (Å²) in [6, 6.07) is 16.0. The predicted octanol–water partition coefficient (Wildman–Crippen LogP) is 4.30. The van der Waals surface area contributed by atoms with Crippen molar-refractivity contribution in [3.63, 3.8) is 0 Å². The summed E-state index contributed by atoms with van der Waals surface area (Å²) in [7, 11) is 2.08. The number of ether oxygens (including phenoxy) is 1. The minimum absolute atomic E-state index is 0.0119. The molecule has 1 aliphatic heterocycles. The highest BCUT2D eigenvalue weighted by atomic mass is 32.1. The Kier molecular flexibility index (Phi) is 6.11. The van der Waals surface area contributed by atoms with Crippen LogP contribution in [0.3, 0.4) is 0 Å². The van der Waals surface area contributed by atoms with Crippen LogP contribution in [0.1, 0.15) is 32.0 Å². The van der Waals surface area contributed by atoms with E-state index in [1.165, 1.54) is 23.5 Å². The van der Waals surface area contributed by atoms with Gasteiger partial charge in [0.05, 0.1) is 11.7 Å². The van der Waals surface area contributed by atoms with Gasteiger partial charge in [0.25, 0.3) is 5.91 Å². The van der Waals surface area contributed by atoms with Crippen molar-refractivity contribution in [3.8, 4) is 5.75 Å². The second-order valence-electron chi connectivity index (χ2n) is 7.45. The first-order valence-electron chi connectivity index (χ1n) is 9.90. The van der Waals surface area contributed by atoms with Gasteiger partial charge in [0.2, 0.25) is 0 Å². The van der Waals surface area contributed by atoms with E-state index in [2.05, 4.69) is 29.1 Å². The van der Waals surface area contributed by atoms with Gasteiger partial charge in [0.15, 0.2) is 0 Å². The second-order valence-corrected chi connectivity index (χ2v) is 8.54. The molecule has 1 aromatic heterocycles. The van der Waals surface area contributed by atoms with Crippen LogP contribution >= 0.6 is 11.3 Å². The Balaban J connectivity index is 1.51. The van der Waals surface area contributed by atoms with Crippen LogP contribution in [0.5, 0.6) is 5.75 Å². The molecule has 3 aromatic rings. The van der Waals surface area contributed by atoms with E-state index in [1.54, 1.807) is 12.1 Å². The van der Waals surface area contributed by atoms with Gasteiger partial charge in [-0.2, -0.15) is 0 Å². The average molecular weight is 426 g/mol. The van der Waals surface area contributed by atoms with Crippen LogP contribution < -0.4 is 4.74 Å². The van der Waals surface area contributed by atoms with Crippen molar-refractivity contribution in [1.82, 2.24) is 14.8 Å². The number of benzene rings is 2. The van der Waals surface area contributed by atoms with E-state index in [1.807, 2.05) is 30.0 Å². The predicted molar refractivity (Wildman–Crippen MR) is 115 cm³/mol. The van der Waals surface area contributed by atoms with Crippen molar-refractivity contribution in [2.75, 3.05) is 26.7 Å². The summed E-state index contributed by atoms with van der Waals surface area (Å²) in [5.74, 6) is 0.279. The largest absolute Gasteiger partial charge is 0.486 e. The van der Waals surface area contributed by atoms with Crippen LogP contribution in [-0.4, -0.2) is 47.4 Å². The molecule has 5 nitrogen and oxygen atoms in total. The Morgan fingerprint density at radius 2 is 1.90 bits per heavy atom. The zero-order chi connectivity index (χ0) is 21.1. The number of carbonyl (C=O) groups excluding carboxylic acids is 1. The third kappa shape index (κ3) is 4.52. The molecule has 0 unspecified atom stereocenters. The maximum absolute atomic E-state index is 13.4. The zero-order valence-electron chi connectivity index (χ0n) is 17.0. The summed E-state index contributed by atoms with van der Waals surface area (Å²) in [4.78, 5) is 22.8. The highest BCUT2D eigenvalue weighted by molar-refractivity contribution is 7.13. The second kappa shape index (κ2) is 8.93. The van der Waals surface area contributed by atoms with E-state index in [9.17, 15) is 9.18 Å². The summed E-state index contributed by atoms with van der Waals surface area (Å²) in [6.45, 7) is 4.42. The number of nitrogens with zero attached hydrogens (tertiary/aromatic N) is 3. The Morgan fingerprint density at radius 1 is 1.17 bits per heavy atom. The first-order valence-corrected chi connectivity index (χ1v) is 10.7. The average Bonchev–Trinajstić information content (AvgIpc) is 3.14. The molecule has 30 heavy (non-hydrogen) atoms. The van der Waals surface area contributed by atoms with Crippen LogP contribution in [0.4, 0.5) is 4.39 Å². The van der Waals surface area contributed by atoms with Gasteiger partial charge in [-0.3, -0.25) is 4.79 Å². The van der Waals surface area contributed by atoms with Gasteiger partial charge in [0, 0.05) is 19.6 Å². The molecular weight excluding hydrogens is 401 g/mol. The standard InChI is InChI=1S/C23H24FN3O2S/c1-16-22(30-21(25-16)15-29-19-10-8-18(24)9-11-19)23(28)27-13-12-26(2)14-20(27)17-6-4-3-5-7-17/h3-11,20H,12-15H2,1-2H3/t20-/m0/s1. The Hall–Kier alpha value is -2.77. The van der Waals surface area contributed by atoms with E-state index < -0.39 is 0 Å². The molecule has 2 heterocycles. The van der Waals surface area contributed by atoms with Gasteiger partial charge in [-0.05, 0) is 43.8 Å². The molecule has 4 rings (SSSR count). The fraction of sp³-hybridized carbons (Fsp3) is 0.304. The number of thiazole rings is 1. The number of likely N-dealkylation sites (N-methyl/N-ethyl adjacent to an activating group) is 1. The van der Waals surface area contributed by atoms with Crippen molar-refractivity contribution in [1.29, 1.82) is 0 Å². The molecule has 0 radical (unpaired) electrons. The number of aryl methyl sites for hydroxylation is 1. The number of piperazine rings is 1. The highest BCUT2D eigenvalue weighted by Gasteiger charge is 2.32. The smallest absolute Gasteiger partial charge is 0.266 e. The van der Waals surface area contributed by atoms with Crippen LogP contribution in [0, 0.1) is 12.7 Å². The van der Waals surface area contributed by atoms with E-state index in [-0.39, 0.29) is 24.4 Å². The fourth-order valence-corrected chi connectivity index (χ4v) is 4.58. The number of halogens is 1. The minimum atomic E-state index is -0.305. The summed E-state index contributed by atoms with van der Waals surface area (Å²) in [5, 5.41) is 0.727. The first-order chi connectivity index (χ1) is 14.5. The molecule has 1 amide bonds. The number of amides is 1. The highest BCUT2D eigenvalue weighted by Crippen LogP contribution is 2.29. The van der Waals surface area contributed by atoms with Gasteiger partial charge < -0.3 is 14.5 Å². The van der Waals surface area contributed by atoms with Gasteiger partial charge in [-0.1, -0.05) is 30.3 Å². The molecule has 0 saturated carbocycles. The Bertz CT molecular complexity index is 1010. The summed E-state index contributed by atoms with van der Waals surface area (Å²) in [6.07, 6.45) is 0. The molecular formula is C23H24FN3O2S. The van der Waals surface area contributed by atoms with Crippen molar-refractivity contribution >= 4 is 17.2 Å². The van der Waals surface area contributed by atoms with Crippen LogP contribution in [0.25, 0.3) is 0 Å². The maximum Gasteiger partial charge on any atom is 0.266 e. The van der Waals surface area contributed by atoms with Crippen LogP contribution in [-0.2, 0) is 6.61 Å². The Morgan fingerprint density at radius 3 is 2.63 bits per heavy atom. The van der Waals surface area contributed by atoms with Gasteiger partial charge in [0.1, 0.15) is 28.1 Å². The van der Waals surface area contributed by atoms with Gasteiger partial charge in [-0.25, -0.2) is 9.37 Å². The van der Waals surface area contributed by atoms with E-state index in [0.29, 0.717) is 22.9 Å². The molecule has 7 heteroatoms. The van der Waals surface area contributed by atoms with E-state index >= 15 is 0 Å². The molecule has 0 N–H and O–H groups in total. The minimum Gasteiger partial charge on any atom is -0.486 e. The summed E-state index contributed by atoms with van der Waals surface area (Å²) < 4.78 is 18.7. The van der Waals surface area contributed by atoms with Gasteiger partial charge in [-0.15, -0.1) is 11.3 Å². The lowest BCUT2D eigenvalue weighted by Gasteiger charge is -2.40. The number of rotatable bonds is 5. The first kappa shape index (κ1) is 20.5. The normalized spacial score (nSPS) is 17.2. The molecule has 1 atom stereocenters. The topological polar surface area (TPSA) is 45.7 Å². The van der Waals surface area contributed by atoms with Crippen molar-refractivity contribution in [2.24, 2.45) is 0 Å². The van der Waals surface area contributed by atoms with E-state index in [0.717, 1.165) is 23.7 Å². The third-order valence-corrected chi connectivity index (χ3v) is 6.36. The monoisotopic (exact) mass is 425 g/mol. The molecule has 0 bridgehead atoms. The number of aromatic nitrogens is 1. The zero-order valence-corrected chi connectivity index (χ0v) is 17.9. The van der Waals surface area contributed by atoms with Gasteiger partial charge >= 0.3 is 0 Å². The summed E-state index contributed by atoms with van der Waals surface area (Å²) >= 11 is 1.37. The van der Waals surface area contributed by atoms with Crippen LogP contribution in [0.2, 0.25) is 0 Å². The summed E-state index contributed by atoms with van der Waals surface area (Å²) in [5.41, 5.74) is 1.85. The molecule has 2 aromatic carbocycles. The lowest BCUT2D eigenvalue weighted by Crippen LogP contribution is -2.49. The molecule has 1 aliphatic rings. The lowest BCUT2D eigenvalue weighted by atomic mass is 10.0. The SMILES string of the molecule is Cc1nc(COc2ccc(F)cc2)sc1C(=O)N1CCN(C)C[C@H]1c1ccccc1.